The first-order valence-corrected chi connectivity index (χ1v) is 11.6. The van der Waals surface area contributed by atoms with Crippen molar-refractivity contribution in [1.82, 2.24) is 24.9 Å². The number of anilines is 1. The van der Waals surface area contributed by atoms with Crippen molar-refractivity contribution in [2.24, 2.45) is 5.92 Å². The van der Waals surface area contributed by atoms with E-state index in [1.54, 1.807) is 4.68 Å². The van der Waals surface area contributed by atoms with Gasteiger partial charge in [-0.3, -0.25) is 0 Å². The molecule has 0 bridgehead atoms. The Morgan fingerprint density at radius 3 is 2.54 bits per heavy atom. The minimum Gasteiger partial charge on any atom is -0.406 e. The molecule has 12 heteroatoms. The van der Waals surface area contributed by atoms with Crippen LogP contribution in [0.15, 0.2) is 53.1 Å². The number of aryl methyl sites for hydroxylation is 1. The minimum atomic E-state index is -4.76. The molecule has 1 saturated heterocycles. The Kier molecular flexibility index (Phi) is 6.52. The van der Waals surface area contributed by atoms with Crippen molar-refractivity contribution in [2.45, 2.75) is 32.7 Å². The Morgan fingerprint density at radius 2 is 1.84 bits per heavy atom. The number of alkyl halides is 3. The van der Waals surface area contributed by atoms with Crippen molar-refractivity contribution < 1.29 is 22.4 Å². The second-order valence-electron chi connectivity index (χ2n) is 8.70. The molecule has 2 aromatic heterocycles. The first-order valence-electron chi connectivity index (χ1n) is 11.6. The lowest BCUT2D eigenvalue weighted by atomic mass is 9.98. The van der Waals surface area contributed by atoms with E-state index in [1.165, 1.54) is 24.3 Å². The average Bonchev–Trinajstić information content (AvgIpc) is 3.51. The lowest BCUT2D eigenvalue weighted by Crippen LogP contribution is -2.33. The molecule has 4 aromatic rings. The molecule has 1 aliphatic rings. The number of ether oxygens (including phenoxy) is 1. The van der Waals surface area contributed by atoms with Gasteiger partial charge in [0.15, 0.2) is 0 Å². The first-order chi connectivity index (χ1) is 17.8. The topological polar surface area (TPSA) is 106 Å². The largest absolute Gasteiger partial charge is 0.573 e. The van der Waals surface area contributed by atoms with E-state index >= 15 is 0 Å². The summed E-state index contributed by atoms with van der Waals surface area (Å²) in [5.74, 6) is 0.985. The lowest BCUT2D eigenvalue weighted by molar-refractivity contribution is -0.274. The fraction of sp³-hybridized carbons (Fsp3) is 0.320. The molecule has 1 aliphatic heterocycles. The molecule has 5 rings (SSSR count). The summed E-state index contributed by atoms with van der Waals surface area (Å²) in [6.07, 6.45) is -3.03. The second-order valence-corrected chi connectivity index (χ2v) is 8.70. The number of hydrogen-bond acceptors (Lipinski definition) is 8. The van der Waals surface area contributed by atoms with Crippen molar-refractivity contribution in [1.29, 1.82) is 5.26 Å². The van der Waals surface area contributed by atoms with E-state index in [2.05, 4.69) is 48.1 Å². The molecule has 0 spiro atoms. The van der Waals surface area contributed by atoms with Crippen LogP contribution in [-0.4, -0.2) is 44.4 Å². The normalized spacial score (nSPS) is 14.5. The summed E-state index contributed by atoms with van der Waals surface area (Å²) in [7, 11) is 0. The summed E-state index contributed by atoms with van der Waals surface area (Å²) in [5.41, 5.74) is 2.61. The third-order valence-electron chi connectivity index (χ3n) is 6.11. The van der Waals surface area contributed by atoms with Gasteiger partial charge in [-0.15, -0.1) is 18.3 Å². The Balaban J connectivity index is 1.28. The van der Waals surface area contributed by atoms with Gasteiger partial charge in [0.1, 0.15) is 11.6 Å². The predicted octanol–water partition coefficient (Wildman–Crippen LogP) is 4.99. The Hall–Kier alpha value is -4.40. The summed E-state index contributed by atoms with van der Waals surface area (Å²) >= 11 is 0. The van der Waals surface area contributed by atoms with Gasteiger partial charge < -0.3 is 14.2 Å². The molecule has 0 aliphatic carbocycles. The summed E-state index contributed by atoms with van der Waals surface area (Å²) in [6, 6.07) is 15.7. The number of rotatable bonds is 6. The maximum absolute atomic E-state index is 12.4. The molecular weight excluding hydrogens is 487 g/mol. The van der Waals surface area contributed by atoms with Crippen LogP contribution in [0, 0.1) is 24.2 Å². The van der Waals surface area contributed by atoms with Crippen LogP contribution in [-0.2, 0) is 6.54 Å². The SMILES string of the molecule is Cc1nc(-c2nc(-c3ccc(OC(F)(F)F)cc3)no2)nn1Cc1cccc(N2CCC(C#N)CC2)c1. The van der Waals surface area contributed by atoms with Gasteiger partial charge in [0.2, 0.25) is 11.6 Å². The molecule has 0 radical (unpaired) electrons. The monoisotopic (exact) mass is 509 g/mol. The zero-order valence-corrected chi connectivity index (χ0v) is 19.8. The number of piperidine rings is 1. The van der Waals surface area contributed by atoms with Crippen molar-refractivity contribution >= 4 is 5.69 Å². The van der Waals surface area contributed by atoms with E-state index in [0.717, 1.165) is 37.2 Å². The predicted molar refractivity (Wildman–Crippen MR) is 126 cm³/mol. The van der Waals surface area contributed by atoms with E-state index < -0.39 is 6.36 Å². The molecule has 0 saturated carbocycles. The van der Waals surface area contributed by atoms with Crippen LogP contribution in [0.3, 0.4) is 0 Å². The number of nitrogens with zero attached hydrogens (tertiary/aromatic N) is 7. The molecule has 37 heavy (non-hydrogen) atoms. The van der Waals surface area contributed by atoms with Gasteiger partial charge in [-0.2, -0.15) is 10.2 Å². The number of hydrogen-bond donors (Lipinski definition) is 0. The summed E-state index contributed by atoms with van der Waals surface area (Å²) < 4.78 is 48.0. The van der Waals surface area contributed by atoms with Crippen LogP contribution < -0.4 is 9.64 Å². The highest BCUT2D eigenvalue weighted by molar-refractivity contribution is 5.58. The molecule has 0 amide bonds. The van der Waals surface area contributed by atoms with Crippen LogP contribution in [0.1, 0.15) is 24.2 Å². The van der Waals surface area contributed by atoms with Gasteiger partial charge in [0.25, 0.3) is 5.89 Å². The van der Waals surface area contributed by atoms with E-state index in [9.17, 15) is 13.2 Å². The van der Waals surface area contributed by atoms with Crippen molar-refractivity contribution in [2.75, 3.05) is 18.0 Å². The van der Waals surface area contributed by atoms with Crippen LogP contribution >= 0.6 is 0 Å². The van der Waals surface area contributed by atoms with E-state index in [1.807, 2.05) is 19.1 Å². The molecule has 1 fully saturated rings. The van der Waals surface area contributed by atoms with Crippen molar-refractivity contribution in [3.63, 3.8) is 0 Å². The van der Waals surface area contributed by atoms with Crippen molar-refractivity contribution in [3.05, 3.63) is 59.9 Å². The number of nitriles is 1. The fourth-order valence-corrected chi connectivity index (χ4v) is 4.19. The van der Waals surface area contributed by atoms with E-state index in [4.69, 9.17) is 9.78 Å². The van der Waals surface area contributed by atoms with Gasteiger partial charge >= 0.3 is 6.36 Å². The number of aromatic nitrogens is 5. The number of halogens is 3. The van der Waals surface area contributed by atoms with Gasteiger partial charge in [0.05, 0.1) is 12.6 Å². The molecule has 2 aromatic carbocycles. The van der Waals surface area contributed by atoms with Crippen LogP contribution in [0.5, 0.6) is 5.75 Å². The van der Waals surface area contributed by atoms with Gasteiger partial charge in [0, 0.05) is 30.3 Å². The molecule has 9 nitrogen and oxygen atoms in total. The van der Waals surface area contributed by atoms with Gasteiger partial charge in [-0.05, 0) is 61.7 Å². The molecule has 0 unspecified atom stereocenters. The summed E-state index contributed by atoms with van der Waals surface area (Å²) in [5, 5.41) is 17.5. The van der Waals surface area contributed by atoms with Gasteiger partial charge in [-0.1, -0.05) is 17.3 Å². The first kappa shape index (κ1) is 24.3. The molecule has 3 heterocycles. The standard InChI is InChI=1S/C25H22F3N7O2/c1-16-30-23(24-31-22(33-37-24)19-5-7-21(8-6-19)36-25(26,27)28)32-35(16)15-18-3-2-4-20(13-18)34-11-9-17(14-29)10-12-34/h2-8,13,17H,9-12,15H2,1H3. The lowest BCUT2D eigenvalue weighted by Gasteiger charge is -2.31. The van der Waals surface area contributed by atoms with Crippen LogP contribution in [0.4, 0.5) is 18.9 Å². The van der Waals surface area contributed by atoms with Crippen LogP contribution in [0.25, 0.3) is 23.1 Å². The number of benzene rings is 2. The zero-order valence-electron chi connectivity index (χ0n) is 19.8. The molecular formula is C25H22F3N7O2. The maximum Gasteiger partial charge on any atom is 0.573 e. The third kappa shape index (κ3) is 5.72. The summed E-state index contributed by atoms with van der Waals surface area (Å²) in [6.45, 7) is 4.02. The average molecular weight is 509 g/mol. The van der Waals surface area contributed by atoms with E-state index in [-0.39, 0.29) is 29.2 Å². The molecule has 0 N–H and O–H groups in total. The second kappa shape index (κ2) is 9.93. The van der Waals surface area contributed by atoms with Crippen LogP contribution in [0.2, 0.25) is 0 Å². The Labute approximate surface area is 210 Å². The highest BCUT2D eigenvalue weighted by Crippen LogP contribution is 2.27. The quantitative estimate of drug-likeness (QED) is 0.358. The fourth-order valence-electron chi connectivity index (χ4n) is 4.19. The third-order valence-corrected chi connectivity index (χ3v) is 6.11. The molecule has 0 atom stereocenters. The Bertz CT molecular complexity index is 1420. The summed E-state index contributed by atoms with van der Waals surface area (Å²) in [4.78, 5) is 11.0. The van der Waals surface area contributed by atoms with E-state index in [0.29, 0.717) is 17.9 Å². The maximum atomic E-state index is 12.4. The van der Waals surface area contributed by atoms with Gasteiger partial charge in [-0.25, -0.2) is 9.67 Å². The highest BCUT2D eigenvalue weighted by atomic mass is 19.4. The minimum absolute atomic E-state index is 0.0987. The smallest absolute Gasteiger partial charge is 0.406 e. The zero-order chi connectivity index (χ0) is 26.0. The highest BCUT2D eigenvalue weighted by Gasteiger charge is 2.31. The Morgan fingerprint density at radius 1 is 1.08 bits per heavy atom. The van der Waals surface area contributed by atoms with Crippen molar-refractivity contribution in [3.8, 4) is 34.9 Å². The molecule has 190 valence electrons.